The number of benzene rings is 1. The highest BCUT2D eigenvalue weighted by atomic mass is 32.2. The van der Waals surface area contributed by atoms with Gasteiger partial charge in [-0.3, -0.25) is 0 Å². The van der Waals surface area contributed by atoms with Gasteiger partial charge in [0.15, 0.2) is 0 Å². The Labute approximate surface area is 88.9 Å². The molecule has 0 fully saturated rings. The quantitative estimate of drug-likeness (QED) is 0.813. The molecule has 0 saturated heterocycles. The van der Waals surface area contributed by atoms with Gasteiger partial charge in [-0.1, -0.05) is 12.1 Å². The summed E-state index contributed by atoms with van der Waals surface area (Å²) in [5, 5.41) is 0. The molecule has 0 aromatic heterocycles. The lowest BCUT2D eigenvalue weighted by atomic mass is 10.1. The van der Waals surface area contributed by atoms with Crippen LogP contribution in [0.3, 0.4) is 0 Å². The second-order valence-corrected chi connectivity index (χ2v) is 4.36. The summed E-state index contributed by atoms with van der Waals surface area (Å²) < 4.78 is 12.6. The summed E-state index contributed by atoms with van der Waals surface area (Å²) in [7, 11) is 0. The average Bonchev–Trinajstić information content (AvgIpc) is 2.18. The highest BCUT2D eigenvalue weighted by Crippen LogP contribution is 2.08. The number of thioether (sulfide) groups is 1. The van der Waals surface area contributed by atoms with E-state index in [0.29, 0.717) is 0 Å². The zero-order valence-electron chi connectivity index (χ0n) is 8.37. The molecule has 0 amide bonds. The van der Waals surface area contributed by atoms with Crippen molar-refractivity contribution in [3.63, 3.8) is 0 Å². The van der Waals surface area contributed by atoms with Crippen LogP contribution in [0.1, 0.15) is 12.0 Å². The maximum atomic E-state index is 12.6. The van der Waals surface area contributed by atoms with Gasteiger partial charge in [-0.2, -0.15) is 11.8 Å². The van der Waals surface area contributed by atoms with Gasteiger partial charge in [-0.05, 0) is 42.5 Å². The van der Waals surface area contributed by atoms with E-state index in [-0.39, 0.29) is 11.9 Å². The van der Waals surface area contributed by atoms with Crippen LogP contribution >= 0.6 is 11.8 Å². The van der Waals surface area contributed by atoms with E-state index in [1.165, 1.54) is 12.1 Å². The van der Waals surface area contributed by atoms with Gasteiger partial charge in [-0.15, -0.1) is 0 Å². The van der Waals surface area contributed by atoms with Crippen LogP contribution in [0, 0.1) is 5.82 Å². The first-order chi connectivity index (χ1) is 6.72. The Balaban J connectivity index is 2.39. The highest BCUT2D eigenvalue weighted by Gasteiger charge is 2.03. The molecular formula is C11H16FNS. The molecule has 1 aromatic rings. The molecule has 0 aliphatic heterocycles. The smallest absolute Gasteiger partial charge is 0.123 e. The standard InChI is InChI=1S/C11H16FNS/c1-14-7-6-11(13)8-9-2-4-10(12)5-3-9/h2-5,11H,6-8,13H2,1H3. The van der Waals surface area contributed by atoms with E-state index in [2.05, 4.69) is 6.26 Å². The molecule has 0 spiro atoms. The van der Waals surface area contributed by atoms with Crippen LogP contribution in [-0.4, -0.2) is 18.1 Å². The molecule has 1 aromatic carbocycles. The van der Waals surface area contributed by atoms with Crippen molar-refractivity contribution in [1.82, 2.24) is 0 Å². The van der Waals surface area contributed by atoms with E-state index >= 15 is 0 Å². The Morgan fingerprint density at radius 3 is 2.57 bits per heavy atom. The summed E-state index contributed by atoms with van der Waals surface area (Å²) in [5.74, 6) is 0.897. The zero-order chi connectivity index (χ0) is 10.4. The molecule has 0 saturated carbocycles. The van der Waals surface area contributed by atoms with E-state index in [4.69, 9.17) is 5.73 Å². The van der Waals surface area contributed by atoms with Crippen LogP contribution in [0.15, 0.2) is 24.3 Å². The van der Waals surface area contributed by atoms with Crippen molar-refractivity contribution in [3.8, 4) is 0 Å². The second-order valence-electron chi connectivity index (χ2n) is 3.37. The van der Waals surface area contributed by atoms with Crippen molar-refractivity contribution in [2.75, 3.05) is 12.0 Å². The molecule has 0 aliphatic rings. The molecule has 0 bridgehead atoms. The third-order valence-corrected chi connectivity index (χ3v) is 2.75. The first-order valence-corrected chi connectivity index (χ1v) is 6.10. The Morgan fingerprint density at radius 1 is 1.36 bits per heavy atom. The van der Waals surface area contributed by atoms with Gasteiger partial charge in [0.25, 0.3) is 0 Å². The highest BCUT2D eigenvalue weighted by molar-refractivity contribution is 7.98. The maximum absolute atomic E-state index is 12.6. The van der Waals surface area contributed by atoms with E-state index in [9.17, 15) is 4.39 Å². The third kappa shape index (κ3) is 4.11. The summed E-state index contributed by atoms with van der Waals surface area (Å²) in [6.45, 7) is 0. The van der Waals surface area contributed by atoms with Crippen molar-refractivity contribution >= 4 is 11.8 Å². The fraction of sp³-hybridized carbons (Fsp3) is 0.455. The van der Waals surface area contributed by atoms with Crippen molar-refractivity contribution in [2.45, 2.75) is 18.9 Å². The van der Waals surface area contributed by atoms with E-state index < -0.39 is 0 Å². The lowest BCUT2D eigenvalue weighted by molar-refractivity contribution is 0.622. The van der Waals surface area contributed by atoms with Crippen molar-refractivity contribution in [1.29, 1.82) is 0 Å². The molecule has 0 heterocycles. The predicted molar refractivity (Wildman–Crippen MR) is 61.1 cm³/mol. The van der Waals surface area contributed by atoms with E-state index in [0.717, 1.165) is 24.2 Å². The van der Waals surface area contributed by atoms with Gasteiger partial charge in [-0.25, -0.2) is 4.39 Å². The van der Waals surface area contributed by atoms with Gasteiger partial charge < -0.3 is 5.73 Å². The van der Waals surface area contributed by atoms with Crippen LogP contribution in [0.2, 0.25) is 0 Å². The molecule has 78 valence electrons. The molecule has 0 radical (unpaired) electrons. The molecule has 2 N–H and O–H groups in total. The molecule has 3 heteroatoms. The first kappa shape index (κ1) is 11.5. The van der Waals surface area contributed by atoms with Crippen LogP contribution < -0.4 is 5.73 Å². The average molecular weight is 213 g/mol. The lowest BCUT2D eigenvalue weighted by Gasteiger charge is -2.10. The lowest BCUT2D eigenvalue weighted by Crippen LogP contribution is -2.23. The minimum atomic E-state index is -0.188. The normalized spacial score (nSPS) is 12.8. The molecular weight excluding hydrogens is 197 g/mol. The largest absolute Gasteiger partial charge is 0.327 e. The van der Waals surface area contributed by atoms with Crippen LogP contribution in [-0.2, 0) is 6.42 Å². The maximum Gasteiger partial charge on any atom is 0.123 e. The van der Waals surface area contributed by atoms with Gasteiger partial charge in [0.1, 0.15) is 5.82 Å². The van der Waals surface area contributed by atoms with Gasteiger partial charge >= 0.3 is 0 Å². The number of nitrogens with two attached hydrogens (primary N) is 1. The van der Waals surface area contributed by atoms with Crippen molar-refractivity contribution in [3.05, 3.63) is 35.6 Å². The van der Waals surface area contributed by atoms with E-state index in [1.807, 2.05) is 0 Å². The van der Waals surface area contributed by atoms with Crippen LogP contribution in [0.4, 0.5) is 4.39 Å². The fourth-order valence-electron chi connectivity index (χ4n) is 1.29. The molecule has 1 unspecified atom stereocenters. The van der Waals surface area contributed by atoms with Gasteiger partial charge in [0.05, 0.1) is 0 Å². The second kappa shape index (κ2) is 6.04. The number of rotatable bonds is 5. The summed E-state index contributed by atoms with van der Waals surface area (Å²) >= 11 is 1.80. The summed E-state index contributed by atoms with van der Waals surface area (Å²) in [5.41, 5.74) is 7.03. The molecule has 1 rings (SSSR count). The third-order valence-electron chi connectivity index (χ3n) is 2.10. The SMILES string of the molecule is CSCCC(N)Cc1ccc(F)cc1. The minimum Gasteiger partial charge on any atom is -0.327 e. The van der Waals surface area contributed by atoms with Gasteiger partial charge in [0.2, 0.25) is 0 Å². The Bertz CT molecular complexity index is 260. The van der Waals surface area contributed by atoms with Crippen LogP contribution in [0.25, 0.3) is 0 Å². The summed E-state index contributed by atoms with van der Waals surface area (Å²) in [6.07, 6.45) is 3.92. The Hall–Kier alpha value is -0.540. The van der Waals surface area contributed by atoms with Crippen molar-refractivity contribution < 1.29 is 4.39 Å². The predicted octanol–water partition coefficient (Wildman–Crippen LogP) is 2.45. The summed E-state index contributed by atoms with van der Waals surface area (Å²) in [6, 6.07) is 6.75. The Kier molecular flexibility index (Phi) is 4.98. The molecule has 1 atom stereocenters. The monoisotopic (exact) mass is 213 g/mol. The van der Waals surface area contributed by atoms with Crippen molar-refractivity contribution in [2.24, 2.45) is 5.73 Å². The summed E-state index contributed by atoms with van der Waals surface area (Å²) in [4.78, 5) is 0. The van der Waals surface area contributed by atoms with Gasteiger partial charge in [0, 0.05) is 6.04 Å². The Morgan fingerprint density at radius 2 is 2.00 bits per heavy atom. The fourth-order valence-corrected chi connectivity index (χ4v) is 1.83. The van der Waals surface area contributed by atoms with E-state index in [1.54, 1.807) is 23.9 Å². The number of hydrogen-bond acceptors (Lipinski definition) is 2. The zero-order valence-corrected chi connectivity index (χ0v) is 9.19. The van der Waals surface area contributed by atoms with Crippen LogP contribution in [0.5, 0.6) is 0 Å². The molecule has 14 heavy (non-hydrogen) atoms. The molecule has 0 aliphatic carbocycles. The topological polar surface area (TPSA) is 26.0 Å². The molecule has 1 nitrogen and oxygen atoms in total. The number of hydrogen-bond donors (Lipinski definition) is 1. The first-order valence-electron chi connectivity index (χ1n) is 4.71. The minimum absolute atomic E-state index is 0.188. The number of halogens is 1.